The van der Waals surface area contributed by atoms with Gasteiger partial charge < -0.3 is 4.90 Å². The molecule has 0 bridgehead atoms. The zero-order chi connectivity index (χ0) is 12.5. The number of benzene rings is 1. The summed E-state index contributed by atoms with van der Waals surface area (Å²) in [5.74, 6) is 0.724. The normalized spacial score (nSPS) is 19.1. The molecule has 2 nitrogen and oxygen atoms in total. The summed E-state index contributed by atoms with van der Waals surface area (Å²) in [7, 11) is 1.85. The van der Waals surface area contributed by atoms with Crippen LogP contribution < -0.4 is 0 Å². The third kappa shape index (κ3) is 2.60. The second-order valence-corrected chi connectivity index (χ2v) is 4.07. The molecule has 0 radical (unpaired) electrons. The highest BCUT2D eigenvalue weighted by Crippen LogP contribution is 2.36. The van der Waals surface area contributed by atoms with E-state index in [-0.39, 0.29) is 5.69 Å². The number of aliphatic imine (C=N–C) groups is 1. The lowest BCUT2D eigenvalue weighted by Crippen LogP contribution is -2.18. The average molecular weight is 242 g/mol. The van der Waals surface area contributed by atoms with Crippen LogP contribution >= 0.6 is 0 Å². The van der Waals surface area contributed by atoms with E-state index in [1.807, 2.05) is 11.9 Å². The van der Waals surface area contributed by atoms with E-state index in [0.29, 0.717) is 0 Å². The number of para-hydroxylation sites is 1. The third-order valence-corrected chi connectivity index (χ3v) is 2.79. The predicted octanol–water partition coefficient (Wildman–Crippen LogP) is 3.46. The first-order valence-corrected chi connectivity index (χ1v) is 5.43. The number of hydrogen-bond acceptors (Lipinski definition) is 1. The van der Waals surface area contributed by atoms with Crippen molar-refractivity contribution >= 4 is 11.5 Å². The minimum absolute atomic E-state index is 0.00347. The Morgan fingerprint density at radius 1 is 1.24 bits per heavy atom. The first kappa shape index (κ1) is 12.0. The fourth-order valence-electron chi connectivity index (χ4n) is 1.89. The Kier molecular flexibility index (Phi) is 3.09. The van der Waals surface area contributed by atoms with Crippen LogP contribution in [0.25, 0.3) is 0 Å². The molecule has 0 unspecified atom stereocenters. The molecule has 1 fully saturated rings. The highest BCUT2D eigenvalue weighted by Gasteiger charge is 2.33. The second-order valence-electron chi connectivity index (χ2n) is 4.07. The van der Waals surface area contributed by atoms with Gasteiger partial charge in [0, 0.05) is 20.0 Å². The van der Waals surface area contributed by atoms with Crippen LogP contribution in [-0.4, -0.2) is 24.3 Å². The lowest BCUT2D eigenvalue weighted by molar-refractivity contribution is -0.137. The Morgan fingerprint density at radius 3 is 2.53 bits per heavy atom. The number of amidine groups is 1. The molecule has 1 saturated heterocycles. The third-order valence-electron chi connectivity index (χ3n) is 2.79. The maximum Gasteiger partial charge on any atom is 0.418 e. The van der Waals surface area contributed by atoms with Gasteiger partial charge in [-0.3, -0.25) is 0 Å². The molecule has 0 saturated carbocycles. The molecule has 1 aliphatic heterocycles. The molecule has 1 heterocycles. The van der Waals surface area contributed by atoms with E-state index in [1.165, 1.54) is 12.1 Å². The maximum absolute atomic E-state index is 12.7. The van der Waals surface area contributed by atoms with E-state index >= 15 is 0 Å². The van der Waals surface area contributed by atoms with E-state index in [9.17, 15) is 13.2 Å². The highest BCUT2D eigenvalue weighted by atomic mass is 19.4. The molecule has 0 spiro atoms. The van der Waals surface area contributed by atoms with Crippen LogP contribution in [0.4, 0.5) is 18.9 Å². The van der Waals surface area contributed by atoms with E-state index < -0.39 is 11.7 Å². The molecule has 0 amide bonds. The van der Waals surface area contributed by atoms with Crippen molar-refractivity contribution in [1.82, 2.24) is 4.90 Å². The Balaban J connectivity index is 2.39. The Hall–Kier alpha value is -1.52. The van der Waals surface area contributed by atoms with Gasteiger partial charge in [0.25, 0.3) is 0 Å². The van der Waals surface area contributed by atoms with Crippen LogP contribution in [0.1, 0.15) is 18.4 Å². The second kappa shape index (κ2) is 4.39. The number of likely N-dealkylation sites (tertiary alicyclic amines) is 1. The number of alkyl halides is 3. The number of rotatable bonds is 1. The predicted molar refractivity (Wildman–Crippen MR) is 60.4 cm³/mol. The molecule has 2 rings (SSSR count). The van der Waals surface area contributed by atoms with Crippen LogP contribution in [0.3, 0.4) is 0 Å². The molecule has 5 heteroatoms. The first-order valence-electron chi connectivity index (χ1n) is 5.43. The zero-order valence-corrected chi connectivity index (χ0v) is 9.46. The van der Waals surface area contributed by atoms with Crippen LogP contribution in [-0.2, 0) is 6.18 Å². The number of hydrogen-bond donors (Lipinski definition) is 0. The molecule has 0 N–H and O–H groups in total. The van der Waals surface area contributed by atoms with Gasteiger partial charge in [0.2, 0.25) is 0 Å². The minimum atomic E-state index is -4.35. The van der Waals surface area contributed by atoms with Crippen molar-refractivity contribution in [1.29, 1.82) is 0 Å². The average Bonchev–Trinajstić information content (AvgIpc) is 2.64. The van der Waals surface area contributed by atoms with Crippen molar-refractivity contribution in [3.63, 3.8) is 0 Å². The van der Waals surface area contributed by atoms with Gasteiger partial charge in [0.1, 0.15) is 5.84 Å². The molecule has 0 aromatic heterocycles. The van der Waals surface area contributed by atoms with Crippen molar-refractivity contribution < 1.29 is 13.2 Å². The van der Waals surface area contributed by atoms with Crippen LogP contribution in [0.2, 0.25) is 0 Å². The summed E-state index contributed by atoms with van der Waals surface area (Å²) in [6, 6.07) is 5.42. The SMILES string of the molecule is CN1CCCC1=Nc1ccccc1C(F)(F)F. The van der Waals surface area contributed by atoms with Gasteiger partial charge in [-0.25, -0.2) is 4.99 Å². The molecule has 1 aliphatic rings. The summed E-state index contributed by atoms with van der Waals surface area (Å²) < 4.78 is 38.2. The first-order chi connectivity index (χ1) is 7.98. The van der Waals surface area contributed by atoms with Gasteiger partial charge in [-0.1, -0.05) is 12.1 Å². The fourth-order valence-corrected chi connectivity index (χ4v) is 1.89. The van der Waals surface area contributed by atoms with Gasteiger partial charge in [-0.15, -0.1) is 0 Å². The monoisotopic (exact) mass is 242 g/mol. The van der Waals surface area contributed by atoms with Gasteiger partial charge >= 0.3 is 6.18 Å². The minimum Gasteiger partial charge on any atom is -0.363 e. The summed E-state index contributed by atoms with van der Waals surface area (Å²) in [4.78, 5) is 6.02. The maximum atomic E-state index is 12.7. The smallest absolute Gasteiger partial charge is 0.363 e. The van der Waals surface area contributed by atoms with E-state index in [2.05, 4.69) is 4.99 Å². The summed E-state index contributed by atoms with van der Waals surface area (Å²) in [5, 5.41) is 0. The molecule has 1 aromatic carbocycles. The fraction of sp³-hybridized carbons (Fsp3) is 0.417. The van der Waals surface area contributed by atoms with Crippen molar-refractivity contribution in [2.24, 2.45) is 4.99 Å². The van der Waals surface area contributed by atoms with Crippen molar-refractivity contribution in [3.05, 3.63) is 29.8 Å². The quantitative estimate of drug-likeness (QED) is 0.736. The van der Waals surface area contributed by atoms with Gasteiger partial charge in [-0.05, 0) is 18.6 Å². The summed E-state index contributed by atoms with van der Waals surface area (Å²) in [6.45, 7) is 0.854. The molecular formula is C12H13F3N2. The lowest BCUT2D eigenvalue weighted by atomic mass is 10.2. The highest BCUT2D eigenvalue weighted by molar-refractivity contribution is 5.86. The van der Waals surface area contributed by atoms with E-state index in [1.54, 1.807) is 6.07 Å². The largest absolute Gasteiger partial charge is 0.418 e. The zero-order valence-electron chi connectivity index (χ0n) is 9.46. The summed E-state index contributed by atoms with van der Waals surface area (Å²) in [6.07, 6.45) is -2.66. The number of nitrogens with zero attached hydrogens (tertiary/aromatic N) is 2. The van der Waals surface area contributed by atoms with Crippen molar-refractivity contribution in [2.75, 3.05) is 13.6 Å². The van der Waals surface area contributed by atoms with Crippen molar-refractivity contribution in [2.45, 2.75) is 19.0 Å². The lowest BCUT2D eigenvalue weighted by Gasteiger charge is -2.13. The van der Waals surface area contributed by atoms with Gasteiger partial charge in [0.15, 0.2) is 0 Å². The van der Waals surface area contributed by atoms with Gasteiger partial charge in [-0.2, -0.15) is 13.2 Å². The topological polar surface area (TPSA) is 15.6 Å². The van der Waals surface area contributed by atoms with Crippen LogP contribution in [0.15, 0.2) is 29.3 Å². The number of halogens is 3. The molecule has 0 aliphatic carbocycles. The van der Waals surface area contributed by atoms with E-state index in [0.717, 1.165) is 31.3 Å². The summed E-state index contributed by atoms with van der Waals surface area (Å²) >= 11 is 0. The summed E-state index contributed by atoms with van der Waals surface area (Å²) in [5.41, 5.74) is -0.670. The Labute approximate surface area is 97.8 Å². The van der Waals surface area contributed by atoms with E-state index in [4.69, 9.17) is 0 Å². The molecule has 92 valence electrons. The van der Waals surface area contributed by atoms with Gasteiger partial charge in [0.05, 0.1) is 11.3 Å². The molecule has 1 aromatic rings. The molecule has 17 heavy (non-hydrogen) atoms. The van der Waals surface area contributed by atoms with Crippen LogP contribution in [0, 0.1) is 0 Å². The van der Waals surface area contributed by atoms with Crippen LogP contribution in [0.5, 0.6) is 0 Å². The molecular weight excluding hydrogens is 229 g/mol. The molecule has 0 atom stereocenters. The van der Waals surface area contributed by atoms with Crippen molar-refractivity contribution in [3.8, 4) is 0 Å². The Bertz CT molecular complexity index is 438. The Morgan fingerprint density at radius 2 is 1.94 bits per heavy atom. The standard InChI is InChI=1S/C12H13F3N2/c1-17-8-4-7-11(17)16-10-6-3-2-5-9(10)12(13,14)15/h2-3,5-6H,4,7-8H2,1H3.